The quantitative estimate of drug-likeness (QED) is 0.114. The van der Waals surface area contributed by atoms with Gasteiger partial charge in [0.2, 0.25) is 5.78 Å². The number of allylic oxidation sites excluding steroid dienone is 3. The van der Waals surface area contributed by atoms with Gasteiger partial charge < -0.3 is 14.5 Å². The number of carbonyl (C=O) groups is 2. The Balaban J connectivity index is 1.20. The molecule has 3 aromatic heterocycles. The fourth-order valence-electron chi connectivity index (χ4n) is 5.48. The Morgan fingerprint density at radius 1 is 1.06 bits per heavy atom. The molecule has 1 N–H and O–H groups in total. The molecule has 5 aromatic rings. The van der Waals surface area contributed by atoms with Crippen LogP contribution in [0.1, 0.15) is 55.5 Å². The number of esters is 1. The van der Waals surface area contributed by atoms with E-state index in [1.54, 1.807) is 56.3 Å². The number of H-pyrrole nitrogens is 1. The number of rotatable bonds is 11. The van der Waals surface area contributed by atoms with Gasteiger partial charge >= 0.3 is 5.97 Å². The van der Waals surface area contributed by atoms with Gasteiger partial charge in [-0.3, -0.25) is 9.59 Å². The van der Waals surface area contributed by atoms with Crippen molar-refractivity contribution in [2.45, 2.75) is 44.8 Å². The maximum Gasteiger partial charge on any atom is 0.306 e. The molecule has 0 saturated heterocycles. The Morgan fingerprint density at radius 3 is 2.61 bits per heavy atom. The van der Waals surface area contributed by atoms with Gasteiger partial charge in [-0.05, 0) is 87.9 Å². The second-order valence-electron chi connectivity index (χ2n) is 11.8. The highest BCUT2D eigenvalue weighted by Crippen LogP contribution is 2.39. The first-order valence-electron chi connectivity index (χ1n) is 15.5. The number of benzene rings is 2. The maximum atomic E-state index is 15.0. The van der Waals surface area contributed by atoms with Crippen molar-refractivity contribution in [3.8, 4) is 22.9 Å². The van der Waals surface area contributed by atoms with Gasteiger partial charge in [-0.1, -0.05) is 17.7 Å². The third-order valence-electron chi connectivity index (χ3n) is 8.31. The summed E-state index contributed by atoms with van der Waals surface area (Å²) in [5.74, 6) is -1.46. The summed E-state index contributed by atoms with van der Waals surface area (Å²) in [6.07, 6.45) is 6.05. The van der Waals surface area contributed by atoms with Crippen LogP contribution in [-0.2, 0) is 26.0 Å². The minimum absolute atomic E-state index is 0.00518. The highest BCUT2D eigenvalue weighted by atomic mass is 32.2. The van der Waals surface area contributed by atoms with Crippen LogP contribution in [0.15, 0.2) is 96.6 Å². The molecule has 0 amide bonds. The lowest BCUT2D eigenvalue weighted by Gasteiger charge is -2.30. The topological polar surface area (TPSA) is 133 Å². The largest absolute Gasteiger partial charge is 0.466 e. The third-order valence-corrected chi connectivity index (χ3v) is 10.6. The van der Waals surface area contributed by atoms with Crippen LogP contribution in [0, 0.1) is 5.82 Å². The number of fused-ring (bicyclic) bond motifs is 1. The highest BCUT2D eigenvalue weighted by molar-refractivity contribution is 7.91. The first-order chi connectivity index (χ1) is 23.4. The highest BCUT2D eigenvalue weighted by Gasteiger charge is 2.45. The Labute approximate surface area is 281 Å². The Kier molecular flexibility index (Phi) is 9.04. The molecule has 0 spiro atoms. The number of nitrogens with zero attached hydrogens (tertiary/aromatic N) is 3. The summed E-state index contributed by atoms with van der Waals surface area (Å²) in [4.78, 5) is 36.3. The molecule has 252 valence electrons. The molecule has 3 heterocycles. The number of ketones is 1. The standard InChI is InChI=1S/C36H32F2N4O6S/c1-4-47-33(43)13-8-24-6-5-7-29(40-24)34(44)30-21-39-35(41-30)27-20-26(9-11-28(27)37)48-25-10-12-31-23(19-25)15-17-42(31)49(45,46)36(3)16-14-22(2)18-32(36)38/h5-7,9-12,14-15,17-21H,4,8,13,16H2,1-3H3,(H,39,41). The number of hydrogen-bond donors (Lipinski definition) is 1. The molecule has 1 atom stereocenters. The molecule has 13 heteroatoms. The summed E-state index contributed by atoms with van der Waals surface area (Å²) in [5, 5.41) is 0.534. The summed E-state index contributed by atoms with van der Waals surface area (Å²) in [5.41, 5.74) is 1.82. The molecule has 1 aliphatic carbocycles. The summed E-state index contributed by atoms with van der Waals surface area (Å²) in [7, 11) is -4.17. The lowest BCUT2D eigenvalue weighted by atomic mass is 9.97. The van der Waals surface area contributed by atoms with E-state index in [4.69, 9.17) is 9.47 Å². The molecule has 6 rings (SSSR count). The average molecular weight is 687 g/mol. The second-order valence-corrected chi connectivity index (χ2v) is 14.0. The zero-order valence-electron chi connectivity index (χ0n) is 26.9. The Morgan fingerprint density at radius 2 is 1.84 bits per heavy atom. The van der Waals surface area contributed by atoms with E-state index < -0.39 is 32.2 Å². The van der Waals surface area contributed by atoms with Gasteiger partial charge in [-0.15, -0.1) is 0 Å². The van der Waals surface area contributed by atoms with Crippen LogP contribution in [-0.4, -0.2) is 50.4 Å². The van der Waals surface area contributed by atoms with Crippen molar-refractivity contribution in [2.75, 3.05) is 6.61 Å². The predicted molar refractivity (Wildman–Crippen MR) is 179 cm³/mol. The predicted octanol–water partition coefficient (Wildman–Crippen LogP) is 7.22. The van der Waals surface area contributed by atoms with E-state index >= 15 is 4.39 Å². The number of ether oxygens (including phenoxy) is 2. The minimum Gasteiger partial charge on any atom is -0.466 e. The van der Waals surface area contributed by atoms with Crippen LogP contribution in [0.4, 0.5) is 8.78 Å². The molecule has 10 nitrogen and oxygen atoms in total. The van der Waals surface area contributed by atoms with Crippen molar-refractivity contribution in [3.05, 3.63) is 120 Å². The Hall–Kier alpha value is -5.43. The van der Waals surface area contributed by atoms with Crippen molar-refractivity contribution < 1.29 is 36.3 Å². The number of aromatic nitrogens is 4. The van der Waals surface area contributed by atoms with Crippen molar-refractivity contribution in [1.29, 1.82) is 0 Å². The monoisotopic (exact) mass is 686 g/mol. The normalized spacial score (nSPS) is 16.3. The van der Waals surface area contributed by atoms with Gasteiger partial charge in [0.15, 0.2) is 0 Å². The van der Waals surface area contributed by atoms with E-state index in [0.29, 0.717) is 34.3 Å². The van der Waals surface area contributed by atoms with Gasteiger partial charge in [0.05, 0.1) is 30.3 Å². The van der Waals surface area contributed by atoms with Gasteiger partial charge in [-0.2, -0.15) is 0 Å². The molecule has 0 aliphatic heterocycles. The molecular formula is C36H32F2N4O6S. The van der Waals surface area contributed by atoms with Gasteiger partial charge in [-0.25, -0.2) is 31.1 Å². The van der Waals surface area contributed by atoms with Crippen molar-refractivity contribution >= 4 is 32.7 Å². The van der Waals surface area contributed by atoms with Crippen molar-refractivity contribution in [3.63, 3.8) is 0 Å². The number of hydrogen-bond acceptors (Lipinski definition) is 8. The molecular weight excluding hydrogens is 654 g/mol. The number of nitrogens with one attached hydrogen (secondary N) is 1. The summed E-state index contributed by atoms with van der Waals surface area (Å²) in [6.45, 7) is 5.09. The molecule has 2 aromatic carbocycles. The first kappa shape index (κ1) is 33.5. The zero-order valence-corrected chi connectivity index (χ0v) is 27.7. The fourth-order valence-corrected chi connectivity index (χ4v) is 7.16. The molecule has 49 heavy (non-hydrogen) atoms. The van der Waals surface area contributed by atoms with Gasteiger partial charge in [0, 0.05) is 23.7 Å². The number of imidazole rings is 1. The fraction of sp³-hybridized carbons (Fsp3) is 0.222. The summed E-state index contributed by atoms with van der Waals surface area (Å²) >= 11 is 0. The molecule has 1 unspecified atom stereocenters. The molecule has 0 bridgehead atoms. The summed E-state index contributed by atoms with van der Waals surface area (Å²) < 4.78 is 67.5. The minimum atomic E-state index is -4.17. The van der Waals surface area contributed by atoms with Crippen LogP contribution in [0.25, 0.3) is 22.3 Å². The van der Waals surface area contributed by atoms with Crippen LogP contribution in [0.3, 0.4) is 0 Å². The SMILES string of the molecule is CCOC(=O)CCc1cccc(C(=O)c2cnc(-c3cc(Oc4ccc5c(ccn5S(=O)(=O)C5(C)CC=C(C)C=C5F)c4)ccc3F)[nH]2)n1. The average Bonchev–Trinajstić information content (AvgIpc) is 3.75. The zero-order chi connectivity index (χ0) is 34.9. The lowest BCUT2D eigenvalue weighted by molar-refractivity contribution is -0.143. The molecule has 0 saturated carbocycles. The number of aryl methyl sites for hydroxylation is 1. The van der Waals surface area contributed by atoms with E-state index in [-0.39, 0.29) is 53.9 Å². The van der Waals surface area contributed by atoms with Gasteiger partial charge in [0.25, 0.3) is 10.0 Å². The number of halogens is 2. The number of pyridine rings is 1. The van der Waals surface area contributed by atoms with Crippen LogP contribution in [0.2, 0.25) is 0 Å². The molecule has 0 radical (unpaired) electrons. The number of carbonyl (C=O) groups excluding carboxylic acids is 2. The van der Waals surface area contributed by atoms with E-state index in [0.717, 1.165) is 3.97 Å². The smallest absolute Gasteiger partial charge is 0.306 e. The maximum absolute atomic E-state index is 15.0. The van der Waals surface area contributed by atoms with E-state index in [1.807, 2.05) is 0 Å². The molecule has 1 aliphatic rings. The van der Waals surface area contributed by atoms with Crippen molar-refractivity contribution in [1.82, 2.24) is 18.9 Å². The molecule has 0 fully saturated rings. The first-order valence-corrected chi connectivity index (χ1v) is 16.9. The number of aromatic amines is 1. The van der Waals surface area contributed by atoms with Crippen molar-refractivity contribution in [2.24, 2.45) is 0 Å². The lowest BCUT2D eigenvalue weighted by Crippen LogP contribution is -2.40. The van der Waals surface area contributed by atoms with E-state index in [2.05, 4.69) is 15.0 Å². The van der Waals surface area contributed by atoms with Crippen LogP contribution >= 0.6 is 0 Å². The van der Waals surface area contributed by atoms with Gasteiger partial charge in [0.1, 0.15) is 45.1 Å². The van der Waals surface area contributed by atoms with E-state index in [1.165, 1.54) is 49.7 Å². The summed E-state index contributed by atoms with van der Waals surface area (Å²) in [6, 6.07) is 15.3. The Bertz CT molecular complexity index is 2270. The second kappa shape index (κ2) is 13.2. The van der Waals surface area contributed by atoms with E-state index in [9.17, 15) is 22.4 Å². The van der Waals surface area contributed by atoms with Crippen LogP contribution in [0.5, 0.6) is 11.5 Å². The third kappa shape index (κ3) is 6.53. The van der Waals surface area contributed by atoms with Crippen LogP contribution < -0.4 is 4.74 Å².